The van der Waals surface area contributed by atoms with Crippen LogP contribution in [0.2, 0.25) is 0 Å². The maximum atomic E-state index is 12.0. The minimum atomic E-state index is -0.851. The van der Waals surface area contributed by atoms with E-state index in [2.05, 4.69) is 5.32 Å². The smallest absolute Gasteiger partial charge is 0.349 e. The molecule has 1 amide bonds. The SMILES string of the molecule is COc1ccc(/C=C(\C#N)C(=O)OCC(=O)NC(C)c2ccccc2)cc1. The zero-order valence-corrected chi connectivity index (χ0v) is 15.1. The van der Waals surface area contributed by atoms with Gasteiger partial charge in [0.25, 0.3) is 5.91 Å². The molecule has 0 radical (unpaired) electrons. The Morgan fingerprint density at radius 3 is 2.41 bits per heavy atom. The maximum absolute atomic E-state index is 12.0. The van der Waals surface area contributed by atoms with Crippen LogP contribution in [0.3, 0.4) is 0 Å². The molecule has 0 fully saturated rings. The predicted octanol–water partition coefficient (Wildman–Crippen LogP) is 3.02. The van der Waals surface area contributed by atoms with Gasteiger partial charge in [-0.1, -0.05) is 42.5 Å². The van der Waals surface area contributed by atoms with Gasteiger partial charge >= 0.3 is 5.97 Å². The van der Waals surface area contributed by atoms with Crippen LogP contribution >= 0.6 is 0 Å². The molecule has 27 heavy (non-hydrogen) atoms. The molecule has 2 rings (SSSR count). The van der Waals surface area contributed by atoms with Gasteiger partial charge in [-0.3, -0.25) is 4.79 Å². The van der Waals surface area contributed by atoms with E-state index < -0.39 is 18.5 Å². The van der Waals surface area contributed by atoms with E-state index in [1.807, 2.05) is 37.3 Å². The van der Waals surface area contributed by atoms with Crippen molar-refractivity contribution >= 4 is 18.0 Å². The number of carbonyl (C=O) groups is 2. The molecule has 2 aromatic carbocycles. The number of benzene rings is 2. The summed E-state index contributed by atoms with van der Waals surface area (Å²) in [4.78, 5) is 24.0. The van der Waals surface area contributed by atoms with Crippen LogP contribution in [0.1, 0.15) is 24.1 Å². The van der Waals surface area contributed by atoms with Crippen LogP contribution in [-0.4, -0.2) is 25.6 Å². The number of carbonyl (C=O) groups excluding carboxylic acids is 2. The average Bonchev–Trinajstić information content (AvgIpc) is 2.71. The molecule has 1 N–H and O–H groups in total. The molecular weight excluding hydrogens is 344 g/mol. The molecule has 0 saturated carbocycles. The second kappa shape index (κ2) is 9.78. The number of amides is 1. The van der Waals surface area contributed by atoms with Crippen molar-refractivity contribution in [3.8, 4) is 11.8 Å². The number of hydrogen-bond acceptors (Lipinski definition) is 5. The maximum Gasteiger partial charge on any atom is 0.349 e. The number of methoxy groups -OCH3 is 1. The number of ether oxygens (including phenoxy) is 2. The van der Waals surface area contributed by atoms with Gasteiger partial charge in [0, 0.05) is 0 Å². The summed E-state index contributed by atoms with van der Waals surface area (Å²) >= 11 is 0. The van der Waals surface area contributed by atoms with Crippen LogP contribution in [0.4, 0.5) is 0 Å². The van der Waals surface area contributed by atoms with Crippen LogP contribution in [0.15, 0.2) is 60.2 Å². The van der Waals surface area contributed by atoms with Gasteiger partial charge in [0.15, 0.2) is 6.61 Å². The molecule has 0 aliphatic carbocycles. The fraction of sp³-hybridized carbons (Fsp3) is 0.190. The fourth-order valence-corrected chi connectivity index (χ4v) is 2.32. The van der Waals surface area contributed by atoms with E-state index in [0.717, 1.165) is 5.56 Å². The summed E-state index contributed by atoms with van der Waals surface area (Å²) in [6.45, 7) is 1.37. The Balaban J connectivity index is 1.91. The highest BCUT2D eigenvalue weighted by atomic mass is 16.5. The molecule has 0 aromatic heterocycles. The van der Waals surface area contributed by atoms with Crippen molar-refractivity contribution in [1.82, 2.24) is 5.32 Å². The number of rotatable bonds is 7. The first kappa shape index (κ1) is 19.7. The summed E-state index contributed by atoms with van der Waals surface area (Å²) in [6.07, 6.45) is 1.40. The highest BCUT2D eigenvalue weighted by molar-refractivity contribution is 5.98. The fourth-order valence-electron chi connectivity index (χ4n) is 2.32. The summed E-state index contributed by atoms with van der Waals surface area (Å²) in [5.74, 6) is -0.630. The second-order valence-electron chi connectivity index (χ2n) is 5.72. The molecule has 0 bridgehead atoms. The highest BCUT2D eigenvalue weighted by Gasteiger charge is 2.15. The third-order valence-electron chi connectivity index (χ3n) is 3.78. The molecule has 6 heteroatoms. The van der Waals surface area contributed by atoms with Crippen molar-refractivity contribution in [2.45, 2.75) is 13.0 Å². The number of nitrogens with zero attached hydrogens (tertiary/aromatic N) is 1. The lowest BCUT2D eigenvalue weighted by molar-refractivity contribution is -0.144. The molecule has 138 valence electrons. The average molecular weight is 364 g/mol. The van der Waals surface area contributed by atoms with Gasteiger partial charge in [-0.05, 0) is 36.3 Å². The van der Waals surface area contributed by atoms with Crippen LogP contribution in [0, 0.1) is 11.3 Å². The molecule has 0 spiro atoms. The van der Waals surface area contributed by atoms with Crippen molar-refractivity contribution in [2.75, 3.05) is 13.7 Å². The Hall–Kier alpha value is -3.59. The Morgan fingerprint density at radius 1 is 1.15 bits per heavy atom. The van der Waals surface area contributed by atoms with E-state index in [9.17, 15) is 14.9 Å². The Kier molecular flexibility index (Phi) is 7.15. The van der Waals surface area contributed by atoms with E-state index >= 15 is 0 Å². The summed E-state index contributed by atoms with van der Waals surface area (Å²) < 4.78 is 10.00. The van der Waals surface area contributed by atoms with Gasteiger partial charge < -0.3 is 14.8 Å². The zero-order valence-electron chi connectivity index (χ0n) is 15.1. The Labute approximate surface area is 158 Å². The minimum Gasteiger partial charge on any atom is -0.497 e. The normalized spacial score (nSPS) is 11.8. The number of hydrogen-bond donors (Lipinski definition) is 1. The second-order valence-corrected chi connectivity index (χ2v) is 5.72. The van der Waals surface area contributed by atoms with Crippen LogP contribution in [0.5, 0.6) is 5.75 Å². The summed E-state index contributed by atoms with van der Waals surface area (Å²) in [6, 6.07) is 17.8. The third kappa shape index (κ3) is 6.01. The van der Waals surface area contributed by atoms with E-state index in [1.54, 1.807) is 37.4 Å². The minimum absolute atomic E-state index is 0.191. The summed E-state index contributed by atoms with van der Waals surface area (Å²) in [5, 5.41) is 11.9. The van der Waals surface area contributed by atoms with Crippen molar-refractivity contribution in [1.29, 1.82) is 5.26 Å². The first-order chi connectivity index (χ1) is 13.0. The molecule has 0 aliphatic heterocycles. The van der Waals surface area contributed by atoms with E-state index in [-0.39, 0.29) is 11.6 Å². The van der Waals surface area contributed by atoms with E-state index in [0.29, 0.717) is 11.3 Å². The monoisotopic (exact) mass is 364 g/mol. The van der Waals surface area contributed by atoms with Gasteiger partial charge in [0.1, 0.15) is 17.4 Å². The van der Waals surface area contributed by atoms with Gasteiger partial charge in [0.05, 0.1) is 13.2 Å². The lowest BCUT2D eigenvalue weighted by Gasteiger charge is -2.14. The first-order valence-corrected chi connectivity index (χ1v) is 8.30. The Bertz CT molecular complexity index is 852. The lowest BCUT2D eigenvalue weighted by Crippen LogP contribution is -2.31. The molecule has 0 heterocycles. The van der Waals surface area contributed by atoms with E-state index in [1.165, 1.54) is 6.08 Å². The Morgan fingerprint density at radius 2 is 1.81 bits per heavy atom. The molecule has 6 nitrogen and oxygen atoms in total. The topological polar surface area (TPSA) is 88.4 Å². The van der Waals surface area contributed by atoms with Gasteiger partial charge in [-0.25, -0.2) is 4.79 Å². The van der Waals surface area contributed by atoms with Crippen LogP contribution < -0.4 is 10.1 Å². The first-order valence-electron chi connectivity index (χ1n) is 8.30. The summed E-state index contributed by atoms with van der Waals surface area (Å²) in [5.41, 5.74) is 1.39. The predicted molar refractivity (Wildman–Crippen MR) is 101 cm³/mol. The molecule has 0 aliphatic rings. The molecule has 1 atom stereocenters. The van der Waals surface area contributed by atoms with Gasteiger partial charge in [0.2, 0.25) is 0 Å². The molecule has 2 aromatic rings. The molecule has 0 saturated heterocycles. The standard InChI is InChI=1S/C21H20N2O4/c1-15(17-6-4-3-5-7-17)23-20(24)14-27-21(25)18(13-22)12-16-8-10-19(26-2)11-9-16/h3-12,15H,14H2,1-2H3,(H,23,24)/b18-12+. The van der Waals surface area contributed by atoms with Crippen molar-refractivity contribution in [3.05, 3.63) is 71.3 Å². The van der Waals surface area contributed by atoms with Crippen LogP contribution in [0.25, 0.3) is 6.08 Å². The largest absolute Gasteiger partial charge is 0.497 e. The quantitative estimate of drug-likeness (QED) is 0.463. The third-order valence-corrected chi connectivity index (χ3v) is 3.78. The summed E-state index contributed by atoms with van der Waals surface area (Å²) in [7, 11) is 1.55. The highest BCUT2D eigenvalue weighted by Crippen LogP contribution is 2.14. The molecular formula is C21H20N2O4. The van der Waals surface area contributed by atoms with Crippen LogP contribution in [-0.2, 0) is 14.3 Å². The van der Waals surface area contributed by atoms with Crippen molar-refractivity contribution in [2.24, 2.45) is 0 Å². The lowest BCUT2D eigenvalue weighted by atomic mass is 10.1. The van der Waals surface area contributed by atoms with Gasteiger partial charge in [-0.2, -0.15) is 5.26 Å². The molecule has 1 unspecified atom stereocenters. The number of esters is 1. The van der Waals surface area contributed by atoms with Crippen molar-refractivity contribution < 1.29 is 19.1 Å². The van der Waals surface area contributed by atoms with E-state index in [4.69, 9.17) is 9.47 Å². The zero-order chi connectivity index (χ0) is 19.6. The number of nitriles is 1. The van der Waals surface area contributed by atoms with Crippen molar-refractivity contribution in [3.63, 3.8) is 0 Å². The van der Waals surface area contributed by atoms with Gasteiger partial charge in [-0.15, -0.1) is 0 Å². The number of nitrogens with one attached hydrogen (secondary N) is 1.